The number of benzene rings is 1. The number of rotatable bonds is 4. The van der Waals surface area contributed by atoms with E-state index in [0.29, 0.717) is 17.0 Å². The highest BCUT2D eigenvalue weighted by Gasteiger charge is 2.25. The quantitative estimate of drug-likeness (QED) is 0.529. The molecular weight excluding hydrogens is 374 g/mol. The average Bonchev–Trinajstić information content (AvgIpc) is 3.19. The van der Waals surface area contributed by atoms with Gasteiger partial charge in [-0.1, -0.05) is 30.3 Å². The number of nitriles is 1. The number of aromatic nitrogens is 4. The van der Waals surface area contributed by atoms with Crippen LogP contribution in [0.2, 0.25) is 0 Å². The summed E-state index contributed by atoms with van der Waals surface area (Å²) in [7, 11) is 0. The van der Waals surface area contributed by atoms with Gasteiger partial charge in [-0.2, -0.15) is 5.26 Å². The molecule has 0 unspecified atom stereocenters. The van der Waals surface area contributed by atoms with Crippen LogP contribution < -0.4 is 4.90 Å². The predicted octanol–water partition coefficient (Wildman–Crippen LogP) is 2.99. The molecule has 0 bridgehead atoms. The van der Waals surface area contributed by atoms with Crippen LogP contribution in [0.4, 0.5) is 5.82 Å². The van der Waals surface area contributed by atoms with Gasteiger partial charge in [0, 0.05) is 56.9 Å². The number of pyridine rings is 1. The van der Waals surface area contributed by atoms with E-state index in [1.807, 2.05) is 24.3 Å². The van der Waals surface area contributed by atoms with Crippen molar-refractivity contribution in [1.82, 2.24) is 24.5 Å². The summed E-state index contributed by atoms with van der Waals surface area (Å²) in [6.45, 7) is 4.45. The molecule has 4 heterocycles. The summed E-state index contributed by atoms with van der Waals surface area (Å²) in [6.07, 6.45) is 5.26. The zero-order valence-electron chi connectivity index (χ0n) is 16.5. The third-order valence-corrected chi connectivity index (χ3v) is 5.49. The normalized spacial score (nSPS) is 14.7. The fourth-order valence-corrected chi connectivity index (χ4v) is 3.95. The fourth-order valence-electron chi connectivity index (χ4n) is 3.95. The second-order valence-electron chi connectivity index (χ2n) is 7.37. The second-order valence-corrected chi connectivity index (χ2v) is 7.37. The van der Waals surface area contributed by atoms with Crippen LogP contribution in [0.1, 0.15) is 11.1 Å². The first-order chi connectivity index (χ1) is 14.8. The molecule has 0 atom stereocenters. The van der Waals surface area contributed by atoms with Crippen molar-refractivity contribution in [3.05, 3.63) is 78.2 Å². The van der Waals surface area contributed by atoms with Crippen LogP contribution in [0.15, 0.2) is 67.1 Å². The molecule has 5 rings (SSSR count). The van der Waals surface area contributed by atoms with Gasteiger partial charge in [0.1, 0.15) is 11.6 Å². The topological polar surface area (TPSA) is 73.4 Å². The SMILES string of the molecule is N#Cc1c(N2CCN(Cc3ccccc3)CC2)nn2c(-c3cccnc3)ccnc12. The average molecular weight is 395 g/mol. The van der Waals surface area contributed by atoms with E-state index in [0.717, 1.165) is 44.0 Å². The summed E-state index contributed by atoms with van der Waals surface area (Å²) in [5, 5.41) is 14.7. The summed E-state index contributed by atoms with van der Waals surface area (Å²) in [4.78, 5) is 13.3. The van der Waals surface area contributed by atoms with Crippen LogP contribution in [0.3, 0.4) is 0 Å². The fraction of sp³-hybridized carbons (Fsp3) is 0.217. The highest BCUT2D eigenvalue weighted by molar-refractivity contribution is 5.72. The van der Waals surface area contributed by atoms with Crippen LogP contribution in [0.5, 0.6) is 0 Å². The predicted molar refractivity (Wildman–Crippen MR) is 115 cm³/mol. The van der Waals surface area contributed by atoms with Crippen molar-refractivity contribution in [2.24, 2.45) is 0 Å². The van der Waals surface area contributed by atoms with Gasteiger partial charge >= 0.3 is 0 Å². The van der Waals surface area contributed by atoms with Crippen molar-refractivity contribution in [1.29, 1.82) is 5.26 Å². The first-order valence-corrected chi connectivity index (χ1v) is 10.0. The van der Waals surface area contributed by atoms with Crippen molar-refractivity contribution >= 4 is 11.5 Å². The van der Waals surface area contributed by atoms with E-state index in [9.17, 15) is 5.26 Å². The lowest BCUT2D eigenvalue weighted by Gasteiger charge is -2.34. The van der Waals surface area contributed by atoms with Crippen molar-refractivity contribution < 1.29 is 0 Å². The second kappa shape index (κ2) is 7.93. The number of nitrogens with zero attached hydrogens (tertiary/aromatic N) is 7. The van der Waals surface area contributed by atoms with Gasteiger partial charge in [0.25, 0.3) is 0 Å². The molecule has 1 fully saturated rings. The summed E-state index contributed by atoms with van der Waals surface area (Å²) in [5.74, 6) is 0.709. The lowest BCUT2D eigenvalue weighted by atomic mass is 10.2. The van der Waals surface area contributed by atoms with Gasteiger partial charge < -0.3 is 4.90 Å². The van der Waals surface area contributed by atoms with Crippen LogP contribution >= 0.6 is 0 Å². The lowest BCUT2D eigenvalue weighted by molar-refractivity contribution is 0.249. The van der Waals surface area contributed by atoms with Crippen molar-refractivity contribution in [2.75, 3.05) is 31.1 Å². The number of hydrogen-bond donors (Lipinski definition) is 0. The summed E-state index contributed by atoms with van der Waals surface area (Å²) >= 11 is 0. The molecule has 1 aromatic carbocycles. The maximum absolute atomic E-state index is 9.85. The van der Waals surface area contributed by atoms with Crippen LogP contribution in [-0.2, 0) is 6.54 Å². The number of hydrogen-bond acceptors (Lipinski definition) is 6. The Morgan fingerprint density at radius 2 is 1.77 bits per heavy atom. The van der Waals surface area contributed by atoms with Crippen molar-refractivity contribution in [3.8, 4) is 17.3 Å². The van der Waals surface area contributed by atoms with Gasteiger partial charge in [0.15, 0.2) is 11.5 Å². The minimum atomic E-state index is 0.525. The molecular formula is C23H21N7. The molecule has 7 heteroatoms. The molecule has 0 amide bonds. The van der Waals surface area contributed by atoms with Gasteiger partial charge in [0.2, 0.25) is 0 Å². The first kappa shape index (κ1) is 18.3. The van der Waals surface area contributed by atoms with Crippen LogP contribution in [0.25, 0.3) is 16.9 Å². The molecule has 0 aliphatic carbocycles. The van der Waals surface area contributed by atoms with Crippen LogP contribution in [0, 0.1) is 11.3 Å². The van der Waals surface area contributed by atoms with Crippen molar-refractivity contribution in [3.63, 3.8) is 0 Å². The minimum absolute atomic E-state index is 0.525. The first-order valence-electron chi connectivity index (χ1n) is 10.0. The zero-order chi connectivity index (χ0) is 20.3. The highest BCUT2D eigenvalue weighted by Crippen LogP contribution is 2.27. The largest absolute Gasteiger partial charge is 0.351 e. The molecule has 7 nitrogen and oxygen atoms in total. The molecule has 0 N–H and O–H groups in total. The van der Waals surface area contributed by atoms with E-state index in [-0.39, 0.29) is 0 Å². The molecule has 4 aromatic rings. The minimum Gasteiger partial charge on any atom is -0.351 e. The van der Waals surface area contributed by atoms with Gasteiger partial charge in [-0.3, -0.25) is 9.88 Å². The van der Waals surface area contributed by atoms with Gasteiger partial charge in [-0.25, -0.2) is 9.50 Å². The Labute approximate surface area is 174 Å². The number of anilines is 1. The van der Waals surface area contributed by atoms with E-state index < -0.39 is 0 Å². The summed E-state index contributed by atoms with van der Waals surface area (Å²) in [6, 6.07) is 18.6. The Balaban J connectivity index is 1.42. The van der Waals surface area contributed by atoms with E-state index in [2.05, 4.69) is 50.1 Å². The molecule has 1 aliphatic rings. The molecule has 148 valence electrons. The lowest BCUT2D eigenvalue weighted by Crippen LogP contribution is -2.46. The highest BCUT2D eigenvalue weighted by atomic mass is 15.4. The van der Waals surface area contributed by atoms with Gasteiger partial charge in [0.05, 0.1) is 5.69 Å². The Bertz CT molecular complexity index is 1190. The van der Waals surface area contributed by atoms with E-state index in [1.165, 1.54) is 5.56 Å². The molecule has 1 saturated heterocycles. The van der Waals surface area contributed by atoms with Gasteiger partial charge in [-0.15, -0.1) is 5.10 Å². The number of piperazine rings is 1. The van der Waals surface area contributed by atoms with Crippen LogP contribution in [-0.4, -0.2) is 50.7 Å². The maximum atomic E-state index is 9.85. The van der Waals surface area contributed by atoms with E-state index in [4.69, 9.17) is 5.10 Å². The molecule has 1 aliphatic heterocycles. The Hall–Kier alpha value is -3.76. The van der Waals surface area contributed by atoms with E-state index in [1.54, 1.807) is 23.1 Å². The Morgan fingerprint density at radius 1 is 0.933 bits per heavy atom. The monoisotopic (exact) mass is 395 g/mol. The molecule has 0 saturated carbocycles. The third-order valence-electron chi connectivity index (χ3n) is 5.49. The molecule has 0 radical (unpaired) electrons. The summed E-state index contributed by atoms with van der Waals surface area (Å²) < 4.78 is 1.77. The maximum Gasteiger partial charge on any atom is 0.175 e. The molecule has 30 heavy (non-hydrogen) atoms. The third kappa shape index (κ3) is 3.38. The Kier molecular flexibility index (Phi) is 4.83. The Morgan fingerprint density at radius 3 is 2.50 bits per heavy atom. The molecule has 3 aromatic heterocycles. The zero-order valence-corrected chi connectivity index (χ0v) is 16.5. The van der Waals surface area contributed by atoms with Gasteiger partial charge in [-0.05, 0) is 23.8 Å². The molecule has 0 spiro atoms. The van der Waals surface area contributed by atoms with E-state index >= 15 is 0 Å². The smallest absolute Gasteiger partial charge is 0.175 e. The van der Waals surface area contributed by atoms with Crippen molar-refractivity contribution in [2.45, 2.75) is 6.54 Å². The number of fused-ring (bicyclic) bond motifs is 1. The standard InChI is InChI=1S/C23H21N7/c24-15-20-22-26-10-8-21(19-7-4-9-25-16-19)30(22)27-23(20)29-13-11-28(12-14-29)17-18-5-2-1-3-6-18/h1-10,16H,11-14,17H2. The summed E-state index contributed by atoms with van der Waals surface area (Å²) in [5.41, 5.74) is 4.24.